The molecule has 25 heavy (non-hydrogen) atoms. The zero-order valence-corrected chi connectivity index (χ0v) is 15.5. The fourth-order valence-corrected chi connectivity index (χ4v) is 2.68. The van der Waals surface area contributed by atoms with Crippen LogP contribution in [0, 0.1) is 6.92 Å². The Bertz CT molecular complexity index is 763. The fourth-order valence-electron chi connectivity index (χ4n) is 2.68. The molecule has 2 rings (SSSR count). The molecule has 2 aromatic carbocycles. The molecule has 0 radical (unpaired) electrons. The lowest BCUT2D eigenvalue weighted by Gasteiger charge is -2.19. The molecule has 0 aliphatic rings. The van der Waals surface area contributed by atoms with Crippen molar-refractivity contribution in [1.29, 1.82) is 0 Å². The number of amides is 1. The van der Waals surface area contributed by atoms with Crippen LogP contribution in [0.25, 0.3) is 6.08 Å². The van der Waals surface area contributed by atoms with Gasteiger partial charge in [0.2, 0.25) is 0 Å². The van der Waals surface area contributed by atoms with Crippen molar-refractivity contribution in [2.45, 2.75) is 20.4 Å². The minimum absolute atomic E-state index is 0.0627. The predicted octanol–water partition coefficient (Wildman–Crippen LogP) is 4.32. The SMILES string of the molecule is C/C=C/c1cc(C(=O)N(C)Cc2ccc(C)cc2)cc(OC)c1OC. The summed E-state index contributed by atoms with van der Waals surface area (Å²) in [7, 11) is 4.96. The summed E-state index contributed by atoms with van der Waals surface area (Å²) in [6.45, 7) is 4.52. The second-order valence-corrected chi connectivity index (χ2v) is 5.95. The van der Waals surface area contributed by atoms with Gasteiger partial charge in [0, 0.05) is 24.7 Å². The van der Waals surface area contributed by atoms with Gasteiger partial charge in [0.25, 0.3) is 5.91 Å². The molecule has 1 amide bonds. The van der Waals surface area contributed by atoms with Gasteiger partial charge in [-0.05, 0) is 31.5 Å². The molecule has 4 heteroatoms. The smallest absolute Gasteiger partial charge is 0.254 e. The maximum Gasteiger partial charge on any atom is 0.254 e. The number of allylic oxidation sites excluding steroid dienone is 1. The summed E-state index contributed by atoms with van der Waals surface area (Å²) < 4.78 is 10.8. The number of benzene rings is 2. The summed E-state index contributed by atoms with van der Waals surface area (Å²) in [5.74, 6) is 1.11. The second kappa shape index (κ2) is 8.38. The molecule has 0 aliphatic carbocycles. The Balaban J connectivity index is 2.31. The van der Waals surface area contributed by atoms with E-state index >= 15 is 0 Å². The van der Waals surface area contributed by atoms with Crippen molar-refractivity contribution < 1.29 is 14.3 Å². The molecule has 0 heterocycles. The van der Waals surface area contributed by atoms with E-state index in [4.69, 9.17) is 9.47 Å². The average molecular weight is 339 g/mol. The van der Waals surface area contributed by atoms with E-state index in [-0.39, 0.29) is 5.91 Å². The first-order valence-electron chi connectivity index (χ1n) is 8.19. The van der Waals surface area contributed by atoms with Crippen LogP contribution in [0.3, 0.4) is 0 Å². The number of aryl methyl sites for hydroxylation is 1. The average Bonchev–Trinajstić information content (AvgIpc) is 2.62. The molecular formula is C21H25NO3. The Labute approximate surface area is 149 Å². The maximum atomic E-state index is 12.8. The van der Waals surface area contributed by atoms with Gasteiger partial charge in [-0.3, -0.25) is 4.79 Å². The molecule has 0 fully saturated rings. The Hall–Kier alpha value is -2.75. The molecule has 0 N–H and O–H groups in total. The van der Waals surface area contributed by atoms with Gasteiger partial charge in [-0.25, -0.2) is 0 Å². The van der Waals surface area contributed by atoms with Crippen LogP contribution in [0.15, 0.2) is 42.5 Å². The molecule has 0 aliphatic heterocycles. The standard InChI is InChI=1S/C21H25NO3/c1-6-7-17-12-18(13-19(24-4)20(17)25-5)21(23)22(3)14-16-10-8-15(2)9-11-16/h6-13H,14H2,1-5H3/b7-6+. The van der Waals surface area contributed by atoms with E-state index in [1.807, 2.05) is 56.3 Å². The van der Waals surface area contributed by atoms with Gasteiger partial charge < -0.3 is 14.4 Å². The lowest BCUT2D eigenvalue weighted by molar-refractivity contribution is 0.0784. The Kier molecular flexibility index (Phi) is 6.23. The molecular weight excluding hydrogens is 314 g/mol. The summed E-state index contributed by atoms with van der Waals surface area (Å²) >= 11 is 0. The molecule has 0 atom stereocenters. The highest BCUT2D eigenvalue weighted by Gasteiger charge is 2.18. The number of methoxy groups -OCH3 is 2. The zero-order valence-electron chi connectivity index (χ0n) is 15.5. The monoisotopic (exact) mass is 339 g/mol. The van der Waals surface area contributed by atoms with Crippen molar-refractivity contribution in [1.82, 2.24) is 4.90 Å². The first-order chi connectivity index (χ1) is 12.0. The van der Waals surface area contributed by atoms with E-state index in [0.717, 1.165) is 11.1 Å². The number of ether oxygens (including phenoxy) is 2. The normalized spacial score (nSPS) is 10.8. The molecule has 0 spiro atoms. The zero-order chi connectivity index (χ0) is 18.4. The van der Waals surface area contributed by atoms with Crippen LogP contribution in [-0.2, 0) is 6.54 Å². The van der Waals surface area contributed by atoms with E-state index in [0.29, 0.717) is 23.6 Å². The van der Waals surface area contributed by atoms with Gasteiger partial charge in [0.1, 0.15) is 0 Å². The number of hydrogen-bond acceptors (Lipinski definition) is 3. The molecule has 0 aromatic heterocycles. The first-order valence-corrected chi connectivity index (χ1v) is 8.19. The number of rotatable bonds is 6. The van der Waals surface area contributed by atoms with Crippen LogP contribution in [0.2, 0.25) is 0 Å². The highest BCUT2D eigenvalue weighted by atomic mass is 16.5. The van der Waals surface area contributed by atoms with Crippen molar-refractivity contribution in [3.05, 3.63) is 64.7 Å². The number of hydrogen-bond donors (Lipinski definition) is 0. The van der Waals surface area contributed by atoms with Crippen LogP contribution in [0.5, 0.6) is 11.5 Å². The van der Waals surface area contributed by atoms with E-state index in [2.05, 4.69) is 0 Å². The van der Waals surface area contributed by atoms with E-state index in [1.54, 1.807) is 32.2 Å². The lowest BCUT2D eigenvalue weighted by atomic mass is 10.1. The fraction of sp³-hybridized carbons (Fsp3) is 0.286. The maximum absolute atomic E-state index is 12.8. The van der Waals surface area contributed by atoms with Gasteiger partial charge in [0.05, 0.1) is 14.2 Å². The van der Waals surface area contributed by atoms with Crippen molar-refractivity contribution in [3.8, 4) is 11.5 Å². The molecule has 2 aromatic rings. The third-order valence-corrected chi connectivity index (χ3v) is 3.99. The van der Waals surface area contributed by atoms with Crippen molar-refractivity contribution in [2.24, 2.45) is 0 Å². The lowest BCUT2D eigenvalue weighted by Crippen LogP contribution is -2.26. The van der Waals surface area contributed by atoms with Gasteiger partial charge in [0.15, 0.2) is 11.5 Å². The summed E-state index contributed by atoms with van der Waals surface area (Å²) in [4.78, 5) is 14.5. The van der Waals surface area contributed by atoms with Crippen LogP contribution >= 0.6 is 0 Å². The molecule has 0 bridgehead atoms. The summed E-state index contributed by atoms with van der Waals surface area (Å²) in [6, 6.07) is 11.7. The van der Waals surface area contributed by atoms with Gasteiger partial charge in [-0.2, -0.15) is 0 Å². The van der Waals surface area contributed by atoms with Gasteiger partial charge >= 0.3 is 0 Å². The predicted molar refractivity (Wildman–Crippen MR) is 101 cm³/mol. The minimum atomic E-state index is -0.0627. The second-order valence-electron chi connectivity index (χ2n) is 5.95. The minimum Gasteiger partial charge on any atom is -0.493 e. The number of nitrogens with zero attached hydrogens (tertiary/aromatic N) is 1. The van der Waals surface area contributed by atoms with Gasteiger partial charge in [-0.15, -0.1) is 0 Å². The van der Waals surface area contributed by atoms with E-state index in [9.17, 15) is 4.79 Å². The van der Waals surface area contributed by atoms with Crippen molar-refractivity contribution >= 4 is 12.0 Å². The largest absolute Gasteiger partial charge is 0.493 e. The van der Waals surface area contributed by atoms with Crippen LogP contribution in [0.1, 0.15) is 34.0 Å². The Morgan fingerprint density at radius 1 is 1.12 bits per heavy atom. The molecule has 0 saturated heterocycles. The quantitative estimate of drug-likeness (QED) is 0.787. The number of carbonyl (C=O) groups is 1. The number of carbonyl (C=O) groups excluding carboxylic acids is 1. The van der Waals surface area contributed by atoms with E-state index < -0.39 is 0 Å². The van der Waals surface area contributed by atoms with Crippen LogP contribution < -0.4 is 9.47 Å². The summed E-state index contributed by atoms with van der Waals surface area (Å²) in [6.07, 6.45) is 3.81. The highest BCUT2D eigenvalue weighted by molar-refractivity contribution is 5.95. The highest BCUT2D eigenvalue weighted by Crippen LogP contribution is 2.34. The molecule has 4 nitrogen and oxygen atoms in total. The van der Waals surface area contributed by atoms with Crippen LogP contribution in [0.4, 0.5) is 0 Å². The third-order valence-electron chi connectivity index (χ3n) is 3.99. The Morgan fingerprint density at radius 3 is 2.36 bits per heavy atom. The summed E-state index contributed by atoms with van der Waals surface area (Å²) in [5.41, 5.74) is 3.68. The first kappa shape index (κ1) is 18.6. The third kappa shape index (κ3) is 4.41. The van der Waals surface area contributed by atoms with Crippen molar-refractivity contribution in [3.63, 3.8) is 0 Å². The summed E-state index contributed by atoms with van der Waals surface area (Å²) in [5, 5.41) is 0. The van der Waals surface area contributed by atoms with Crippen LogP contribution in [-0.4, -0.2) is 32.1 Å². The van der Waals surface area contributed by atoms with E-state index in [1.165, 1.54) is 5.56 Å². The topological polar surface area (TPSA) is 38.8 Å². The van der Waals surface area contributed by atoms with Gasteiger partial charge in [-0.1, -0.05) is 42.0 Å². The van der Waals surface area contributed by atoms with Crippen molar-refractivity contribution in [2.75, 3.05) is 21.3 Å². The molecule has 0 saturated carbocycles. The Morgan fingerprint density at radius 2 is 1.80 bits per heavy atom. The molecule has 132 valence electrons. The molecule has 0 unspecified atom stereocenters.